The third-order valence-electron chi connectivity index (χ3n) is 3.29. The number of rotatable bonds is 5. The molecule has 0 spiro atoms. The summed E-state index contributed by atoms with van der Waals surface area (Å²) in [6, 6.07) is 8.60. The average Bonchev–Trinajstić information content (AvgIpc) is 2.48. The predicted molar refractivity (Wildman–Crippen MR) is 74.1 cm³/mol. The highest BCUT2D eigenvalue weighted by Crippen LogP contribution is 2.35. The first kappa shape index (κ1) is 15.5. The van der Waals surface area contributed by atoms with Gasteiger partial charge in [-0.2, -0.15) is 13.2 Å². The van der Waals surface area contributed by atoms with Gasteiger partial charge in [0.05, 0.1) is 5.56 Å². The van der Waals surface area contributed by atoms with Crippen molar-refractivity contribution < 1.29 is 13.2 Å². The molecule has 0 fully saturated rings. The number of alkyl halides is 3. The Morgan fingerprint density at radius 1 is 1.14 bits per heavy atom. The monoisotopic (exact) mass is 295 g/mol. The Morgan fingerprint density at radius 3 is 2.52 bits per heavy atom. The van der Waals surface area contributed by atoms with Crippen molar-refractivity contribution in [2.75, 3.05) is 0 Å². The number of aromatic nitrogens is 1. The summed E-state index contributed by atoms with van der Waals surface area (Å²) in [5, 5.41) is 0. The molecule has 1 atom stereocenters. The Balaban J connectivity index is 2.18. The van der Waals surface area contributed by atoms with E-state index < -0.39 is 17.8 Å². The van der Waals surface area contributed by atoms with Crippen molar-refractivity contribution in [1.82, 2.24) is 10.4 Å². The number of hydrogen-bond acceptors (Lipinski definition) is 3. The van der Waals surface area contributed by atoms with Gasteiger partial charge in [-0.3, -0.25) is 16.3 Å². The van der Waals surface area contributed by atoms with Gasteiger partial charge in [0.25, 0.3) is 0 Å². The van der Waals surface area contributed by atoms with E-state index in [-0.39, 0.29) is 5.56 Å². The van der Waals surface area contributed by atoms with Gasteiger partial charge in [0.1, 0.15) is 0 Å². The van der Waals surface area contributed by atoms with Crippen LogP contribution in [-0.2, 0) is 12.6 Å². The Kier molecular flexibility index (Phi) is 4.93. The highest BCUT2D eigenvalue weighted by Gasteiger charge is 2.34. The number of hydrazine groups is 1. The van der Waals surface area contributed by atoms with Crippen LogP contribution in [0.4, 0.5) is 13.2 Å². The topological polar surface area (TPSA) is 50.9 Å². The van der Waals surface area contributed by atoms with E-state index in [1.807, 2.05) is 6.07 Å². The zero-order valence-corrected chi connectivity index (χ0v) is 11.3. The summed E-state index contributed by atoms with van der Waals surface area (Å²) in [7, 11) is 0. The van der Waals surface area contributed by atoms with E-state index in [4.69, 9.17) is 5.84 Å². The molecule has 3 N–H and O–H groups in total. The molecule has 21 heavy (non-hydrogen) atoms. The molecule has 1 aromatic carbocycles. The molecule has 0 aliphatic heterocycles. The fourth-order valence-corrected chi connectivity index (χ4v) is 2.24. The molecule has 0 aliphatic rings. The molecule has 6 heteroatoms. The first-order chi connectivity index (χ1) is 10.0. The van der Waals surface area contributed by atoms with Crippen LogP contribution in [0.2, 0.25) is 0 Å². The minimum atomic E-state index is -4.39. The third kappa shape index (κ3) is 4.03. The Hall–Kier alpha value is -1.92. The van der Waals surface area contributed by atoms with Crippen molar-refractivity contribution in [2.24, 2.45) is 5.84 Å². The number of pyridine rings is 1. The van der Waals surface area contributed by atoms with Gasteiger partial charge >= 0.3 is 6.18 Å². The van der Waals surface area contributed by atoms with Gasteiger partial charge in [0.2, 0.25) is 0 Å². The SMILES string of the molecule is NNC(CCc1cccnc1)c1ccccc1C(F)(F)F. The van der Waals surface area contributed by atoms with Gasteiger partial charge in [0.15, 0.2) is 0 Å². The molecule has 0 aliphatic carbocycles. The zero-order valence-electron chi connectivity index (χ0n) is 11.3. The molecule has 0 bridgehead atoms. The van der Waals surface area contributed by atoms with Crippen molar-refractivity contribution in [2.45, 2.75) is 25.1 Å². The van der Waals surface area contributed by atoms with Crippen LogP contribution in [-0.4, -0.2) is 4.98 Å². The molecule has 2 rings (SSSR count). The van der Waals surface area contributed by atoms with E-state index in [1.165, 1.54) is 12.1 Å². The number of nitrogens with two attached hydrogens (primary N) is 1. The summed E-state index contributed by atoms with van der Waals surface area (Å²) < 4.78 is 39.1. The second-order valence-electron chi connectivity index (χ2n) is 4.70. The van der Waals surface area contributed by atoms with Crippen LogP contribution in [0.1, 0.15) is 29.2 Å². The van der Waals surface area contributed by atoms with Crippen molar-refractivity contribution in [3.63, 3.8) is 0 Å². The van der Waals surface area contributed by atoms with Crippen LogP contribution in [0.15, 0.2) is 48.8 Å². The zero-order chi connectivity index (χ0) is 15.3. The van der Waals surface area contributed by atoms with Gasteiger partial charge < -0.3 is 0 Å². The van der Waals surface area contributed by atoms with E-state index in [0.29, 0.717) is 12.8 Å². The lowest BCUT2D eigenvalue weighted by molar-refractivity contribution is -0.138. The summed E-state index contributed by atoms with van der Waals surface area (Å²) in [5.74, 6) is 5.45. The molecule has 112 valence electrons. The first-order valence-electron chi connectivity index (χ1n) is 6.53. The van der Waals surface area contributed by atoms with Crippen molar-refractivity contribution >= 4 is 0 Å². The fraction of sp³-hybridized carbons (Fsp3) is 0.267. The molecule has 2 aromatic rings. The average molecular weight is 295 g/mol. The summed E-state index contributed by atoms with van der Waals surface area (Å²) >= 11 is 0. The lowest BCUT2D eigenvalue weighted by Gasteiger charge is -2.21. The molecule has 1 aromatic heterocycles. The highest BCUT2D eigenvalue weighted by molar-refractivity contribution is 5.32. The number of aryl methyl sites for hydroxylation is 1. The normalized spacial score (nSPS) is 13.1. The van der Waals surface area contributed by atoms with Crippen molar-refractivity contribution in [3.05, 3.63) is 65.5 Å². The van der Waals surface area contributed by atoms with Crippen LogP contribution in [0, 0.1) is 0 Å². The first-order valence-corrected chi connectivity index (χ1v) is 6.53. The van der Waals surface area contributed by atoms with Crippen molar-refractivity contribution in [3.8, 4) is 0 Å². The van der Waals surface area contributed by atoms with Gasteiger partial charge in [-0.25, -0.2) is 0 Å². The predicted octanol–water partition coefficient (Wildman–Crippen LogP) is 3.24. The Bertz CT molecular complexity index is 570. The maximum atomic E-state index is 13.0. The van der Waals surface area contributed by atoms with Crippen LogP contribution in [0.25, 0.3) is 0 Å². The minimum Gasteiger partial charge on any atom is -0.271 e. The summed E-state index contributed by atoms with van der Waals surface area (Å²) in [6.07, 6.45) is 0.00847. The summed E-state index contributed by atoms with van der Waals surface area (Å²) in [6.45, 7) is 0. The molecular formula is C15H16F3N3. The number of halogens is 3. The maximum Gasteiger partial charge on any atom is 0.416 e. The van der Waals surface area contributed by atoms with E-state index in [1.54, 1.807) is 24.5 Å². The number of hydrogen-bond donors (Lipinski definition) is 2. The molecule has 3 nitrogen and oxygen atoms in total. The van der Waals surface area contributed by atoms with Crippen molar-refractivity contribution in [1.29, 1.82) is 0 Å². The van der Waals surface area contributed by atoms with Gasteiger partial charge in [-0.05, 0) is 36.1 Å². The molecule has 0 saturated carbocycles. The van der Waals surface area contributed by atoms with E-state index in [0.717, 1.165) is 11.6 Å². The van der Waals surface area contributed by atoms with E-state index in [9.17, 15) is 13.2 Å². The lowest BCUT2D eigenvalue weighted by atomic mass is 9.95. The number of nitrogens with zero attached hydrogens (tertiary/aromatic N) is 1. The molecule has 1 heterocycles. The Labute approximate surface area is 121 Å². The molecule has 0 amide bonds. The fourth-order valence-electron chi connectivity index (χ4n) is 2.24. The van der Waals surface area contributed by atoms with Gasteiger partial charge in [-0.1, -0.05) is 24.3 Å². The van der Waals surface area contributed by atoms with E-state index >= 15 is 0 Å². The van der Waals surface area contributed by atoms with Crippen LogP contribution in [0.5, 0.6) is 0 Å². The summed E-state index contributed by atoms with van der Waals surface area (Å²) in [4.78, 5) is 3.99. The molecule has 0 saturated heterocycles. The van der Waals surface area contributed by atoms with Gasteiger partial charge in [0, 0.05) is 18.4 Å². The van der Waals surface area contributed by atoms with Gasteiger partial charge in [-0.15, -0.1) is 0 Å². The van der Waals surface area contributed by atoms with E-state index in [2.05, 4.69) is 10.4 Å². The maximum absolute atomic E-state index is 13.0. The molecule has 0 radical (unpaired) electrons. The largest absolute Gasteiger partial charge is 0.416 e. The molecular weight excluding hydrogens is 279 g/mol. The number of benzene rings is 1. The van der Waals surface area contributed by atoms with Crippen LogP contribution >= 0.6 is 0 Å². The minimum absolute atomic E-state index is 0.163. The second-order valence-corrected chi connectivity index (χ2v) is 4.70. The second kappa shape index (κ2) is 6.69. The lowest BCUT2D eigenvalue weighted by Crippen LogP contribution is -2.30. The highest BCUT2D eigenvalue weighted by atomic mass is 19.4. The Morgan fingerprint density at radius 2 is 1.90 bits per heavy atom. The standard InChI is InChI=1S/C15H16F3N3/c16-15(17,18)13-6-2-1-5-12(13)14(21-19)8-7-11-4-3-9-20-10-11/h1-6,9-10,14,21H,7-8,19H2. The van der Waals surface area contributed by atoms with Crippen LogP contribution in [0.3, 0.4) is 0 Å². The number of nitrogens with one attached hydrogen (secondary N) is 1. The van der Waals surface area contributed by atoms with Crippen LogP contribution < -0.4 is 11.3 Å². The smallest absolute Gasteiger partial charge is 0.271 e. The molecule has 1 unspecified atom stereocenters. The summed E-state index contributed by atoms with van der Waals surface area (Å²) in [5.41, 5.74) is 2.95. The third-order valence-corrected chi connectivity index (χ3v) is 3.29. The quantitative estimate of drug-likeness (QED) is 0.657.